The van der Waals surface area contributed by atoms with E-state index in [0.717, 1.165) is 12.1 Å². The third-order valence-electron chi connectivity index (χ3n) is 4.23. The van der Waals surface area contributed by atoms with Crippen LogP contribution in [0, 0.1) is 0 Å². The Labute approximate surface area is 117 Å². The van der Waals surface area contributed by atoms with Crippen molar-refractivity contribution in [3.63, 3.8) is 0 Å². The van der Waals surface area contributed by atoms with Crippen molar-refractivity contribution in [2.24, 2.45) is 0 Å². The van der Waals surface area contributed by atoms with E-state index in [2.05, 4.69) is 42.7 Å². The lowest BCUT2D eigenvalue weighted by Crippen LogP contribution is -2.44. The zero-order valence-electron chi connectivity index (χ0n) is 12.4. The molecule has 2 aliphatic rings. The zero-order valence-corrected chi connectivity index (χ0v) is 13.2. The number of hydrogen-bond acceptors (Lipinski definition) is 3. The number of nitrogens with one attached hydrogen (secondary N) is 1. The van der Waals surface area contributed by atoms with Crippen LogP contribution in [0.4, 0.5) is 0 Å². The smallest absolute Gasteiger partial charge is 0.0220 e. The molecule has 3 heteroatoms. The van der Waals surface area contributed by atoms with Crippen LogP contribution in [0.3, 0.4) is 0 Å². The molecule has 1 N–H and O–H groups in total. The zero-order chi connectivity index (χ0) is 13.0. The van der Waals surface area contributed by atoms with Crippen LogP contribution in [0.25, 0.3) is 0 Å². The predicted octanol–water partition coefficient (Wildman–Crippen LogP) is 3.12. The van der Waals surface area contributed by atoms with Gasteiger partial charge in [-0.05, 0) is 32.2 Å². The first kappa shape index (κ1) is 14.7. The van der Waals surface area contributed by atoms with Gasteiger partial charge in [-0.3, -0.25) is 4.90 Å². The quantitative estimate of drug-likeness (QED) is 0.798. The molecule has 0 radical (unpaired) electrons. The summed E-state index contributed by atoms with van der Waals surface area (Å²) in [4.78, 5) is 2.75. The Morgan fingerprint density at radius 1 is 1.33 bits per heavy atom. The van der Waals surface area contributed by atoms with E-state index in [1.807, 2.05) is 0 Å². The van der Waals surface area contributed by atoms with Crippen LogP contribution in [-0.4, -0.2) is 47.1 Å². The maximum atomic E-state index is 3.73. The van der Waals surface area contributed by atoms with Crippen LogP contribution in [0.5, 0.6) is 0 Å². The highest BCUT2D eigenvalue weighted by molar-refractivity contribution is 8.00. The van der Waals surface area contributed by atoms with E-state index in [9.17, 15) is 0 Å². The van der Waals surface area contributed by atoms with E-state index in [1.165, 1.54) is 57.5 Å². The van der Waals surface area contributed by atoms with Gasteiger partial charge in [0.15, 0.2) is 0 Å². The highest BCUT2D eigenvalue weighted by Gasteiger charge is 2.28. The molecule has 1 heterocycles. The van der Waals surface area contributed by atoms with Gasteiger partial charge in [-0.25, -0.2) is 0 Å². The van der Waals surface area contributed by atoms with Crippen LogP contribution in [0.2, 0.25) is 0 Å². The molecule has 1 saturated carbocycles. The third kappa shape index (κ3) is 4.75. The van der Waals surface area contributed by atoms with Gasteiger partial charge in [0.25, 0.3) is 0 Å². The van der Waals surface area contributed by atoms with E-state index in [0.29, 0.717) is 4.75 Å². The SMILES string of the molecule is CCCC(CNC1CC1)N1CCSC(C)(C)CC1. The Hall–Kier alpha value is 0.270. The maximum Gasteiger partial charge on any atom is 0.0220 e. The van der Waals surface area contributed by atoms with Crippen molar-refractivity contribution in [1.82, 2.24) is 10.2 Å². The Balaban J connectivity index is 1.83. The summed E-state index contributed by atoms with van der Waals surface area (Å²) in [6.07, 6.45) is 6.81. The molecule has 1 atom stereocenters. The lowest BCUT2D eigenvalue weighted by molar-refractivity contribution is 0.188. The average molecular weight is 270 g/mol. The van der Waals surface area contributed by atoms with Crippen molar-refractivity contribution in [2.45, 2.75) is 69.7 Å². The molecule has 1 aliphatic heterocycles. The average Bonchev–Trinajstić information content (AvgIpc) is 3.12. The van der Waals surface area contributed by atoms with Gasteiger partial charge < -0.3 is 5.32 Å². The summed E-state index contributed by atoms with van der Waals surface area (Å²) in [5.41, 5.74) is 0. The number of rotatable bonds is 6. The van der Waals surface area contributed by atoms with Gasteiger partial charge in [-0.1, -0.05) is 27.2 Å². The van der Waals surface area contributed by atoms with Gasteiger partial charge in [-0.15, -0.1) is 0 Å². The van der Waals surface area contributed by atoms with Crippen molar-refractivity contribution >= 4 is 11.8 Å². The molecular weight excluding hydrogens is 240 g/mol. The minimum Gasteiger partial charge on any atom is -0.312 e. The summed E-state index contributed by atoms with van der Waals surface area (Å²) in [6, 6.07) is 1.62. The van der Waals surface area contributed by atoms with Crippen LogP contribution < -0.4 is 5.32 Å². The lowest BCUT2D eigenvalue weighted by Gasteiger charge is -2.31. The highest BCUT2D eigenvalue weighted by Crippen LogP contribution is 2.31. The van der Waals surface area contributed by atoms with Crippen molar-refractivity contribution in [2.75, 3.05) is 25.4 Å². The molecule has 2 nitrogen and oxygen atoms in total. The van der Waals surface area contributed by atoms with Gasteiger partial charge in [0.05, 0.1) is 0 Å². The highest BCUT2D eigenvalue weighted by atomic mass is 32.2. The molecule has 0 bridgehead atoms. The molecule has 1 aliphatic carbocycles. The molecule has 106 valence electrons. The summed E-state index contributed by atoms with van der Waals surface area (Å²) in [6.45, 7) is 10.9. The minimum absolute atomic E-state index is 0.482. The lowest BCUT2D eigenvalue weighted by atomic mass is 10.1. The first-order valence-corrected chi connectivity index (χ1v) is 8.70. The van der Waals surface area contributed by atoms with E-state index < -0.39 is 0 Å². The van der Waals surface area contributed by atoms with Crippen LogP contribution >= 0.6 is 11.8 Å². The normalized spacial score (nSPS) is 26.8. The minimum atomic E-state index is 0.482. The van der Waals surface area contributed by atoms with E-state index >= 15 is 0 Å². The number of thioether (sulfide) groups is 1. The Morgan fingerprint density at radius 2 is 2.11 bits per heavy atom. The van der Waals surface area contributed by atoms with Crippen LogP contribution in [-0.2, 0) is 0 Å². The Morgan fingerprint density at radius 3 is 2.78 bits per heavy atom. The Kier molecular flexibility index (Phi) is 5.40. The summed E-state index contributed by atoms with van der Waals surface area (Å²) in [5, 5.41) is 3.73. The molecule has 2 rings (SSSR count). The summed E-state index contributed by atoms with van der Waals surface area (Å²) >= 11 is 2.16. The molecule has 2 fully saturated rings. The van der Waals surface area contributed by atoms with Crippen molar-refractivity contribution in [3.05, 3.63) is 0 Å². The molecule has 1 unspecified atom stereocenters. The second kappa shape index (κ2) is 6.62. The molecular formula is C15H30N2S. The summed E-state index contributed by atoms with van der Waals surface area (Å²) < 4.78 is 0.482. The standard InChI is InChI=1S/C15H30N2S/c1-4-5-14(12-16-13-6-7-13)17-9-8-15(2,3)18-11-10-17/h13-14,16H,4-12H2,1-3H3. The predicted molar refractivity (Wildman–Crippen MR) is 82.4 cm³/mol. The fraction of sp³-hybridized carbons (Fsp3) is 1.00. The van der Waals surface area contributed by atoms with Crippen molar-refractivity contribution in [1.29, 1.82) is 0 Å². The first-order chi connectivity index (χ1) is 8.61. The second-order valence-corrected chi connectivity index (χ2v) is 8.32. The van der Waals surface area contributed by atoms with Gasteiger partial charge in [0, 0.05) is 35.7 Å². The molecule has 18 heavy (non-hydrogen) atoms. The fourth-order valence-electron chi connectivity index (χ4n) is 2.74. The molecule has 1 saturated heterocycles. The van der Waals surface area contributed by atoms with Gasteiger partial charge in [0.1, 0.15) is 0 Å². The van der Waals surface area contributed by atoms with Gasteiger partial charge in [-0.2, -0.15) is 11.8 Å². The molecule has 0 aromatic carbocycles. The van der Waals surface area contributed by atoms with Gasteiger partial charge in [0.2, 0.25) is 0 Å². The van der Waals surface area contributed by atoms with E-state index in [4.69, 9.17) is 0 Å². The summed E-state index contributed by atoms with van der Waals surface area (Å²) in [7, 11) is 0. The molecule has 0 aromatic rings. The number of hydrogen-bond donors (Lipinski definition) is 1. The third-order valence-corrected chi connectivity index (χ3v) is 5.60. The largest absolute Gasteiger partial charge is 0.312 e. The Bertz CT molecular complexity index is 251. The van der Waals surface area contributed by atoms with Crippen molar-refractivity contribution in [3.8, 4) is 0 Å². The number of nitrogens with zero attached hydrogens (tertiary/aromatic N) is 1. The fourth-order valence-corrected chi connectivity index (χ4v) is 3.85. The van der Waals surface area contributed by atoms with E-state index in [-0.39, 0.29) is 0 Å². The summed E-state index contributed by atoms with van der Waals surface area (Å²) in [5.74, 6) is 1.30. The topological polar surface area (TPSA) is 15.3 Å². The monoisotopic (exact) mass is 270 g/mol. The molecule has 0 spiro atoms. The van der Waals surface area contributed by atoms with Crippen LogP contribution in [0.15, 0.2) is 0 Å². The second-order valence-electron chi connectivity index (χ2n) is 6.52. The maximum absolute atomic E-state index is 3.73. The van der Waals surface area contributed by atoms with E-state index in [1.54, 1.807) is 0 Å². The van der Waals surface area contributed by atoms with Crippen LogP contribution in [0.1, 0.15) is 52.9 Å². The molecule has 0 aromatic heterocycles. The first-order valence-electron chi connectivity index (χ1n) is 7.72. The molecule has 0 amide bonds. The van der Waals surface area contributed by atoms with Gasteiger partial charge >= 0.3 is 0 Å². The van der Waals surface area contributed by atoms with Crippen molar-refractivity contribution < 1.29 is 0 Å².